The number of esters is 1. The fraction of sp³-hybridized carbons (Fsp3) is 0.316. The Labute approximate surface area is 157 Å². The quantitative estimate of drug-likeness (QED) is 0.559. The molecule has 0 aliphatic rings. The SMILES string of the molecule is CC(C)C(=O)Nc1ccc(C(=O)COC(=O)CN(C)c2ncccn2)cc1. The molecule has 0 bridgehead atoms. The van der Waals surface area contributed by atoms with E-state index >= 15 is 0 Å². The number of nitrogens with one attached hydrogen (secondary N) is 1. The summed E-state index contributed by atoms with van der Waals surface area (Å²) < 4.78 is 5.02. The molecule has 2 aromatic rings. The van der Waals surface area contributed by atoms with Crippen molar-refractivity contribution in [2.45, 2.75) is 13.8 Å². The van der Waals surface area contributed by atoms with Gasteiger partial charge in [-0.05, 0) is 30.3 Å². The van der Waals surface area contributed by atoms with Gasteiger partial charge in [-0.1, -0.05) is 13.8 Å². The molecule has 1 aromatic carbocycles. The van der Waals surface area contributed by atoms with Gasteiger partial charge in [-0.15, -0.1) is 0 Å². The fourth-order valence-corrected chi connectivity index (χ4v) is 2.05. The number of anilines is 2. The molecule has 1 aromatic heterocycles. The molecule has 0 aliphatic carbocycles. The van der Waals surface area contributed by atoms with E-state index in [0.717, 1.165) is 0 Å². The van der Waals surface area contributed by atoms with Crippen LogP contribution in [0.1, 0.15) is 24.2 Å². The van der Waals surface area contributed by atoms with Gasteiger partial charge in [0.15, 0.2) is 12.4 Å². The van der Waals surface area contributed by atoms with Gasteiger partial charge >= 0.3 is 5.97 Å². The molecule has 1 N–H and O–H groups in total. The van der Waals surface area contributed by atoms with E-state index in [4.69, 9.17) is 4.74 Å². The van der Waals surface area contributed by atoms with Crippen LogP contribution in [0.3, 0.4) is 0 Å². The number of nitrogens with zero attached hydrogens (tertiary/aromatic N) is 3. The smallest absolute Gasteiger partial charge is 0.326 e. The Morgan fingerprint density at radius 2 is 1.74 bits per heavy atom. The lowest BCUT2D eigenvalue weighted by atomic mass is 10.1. The molecule has 2 rings (SSSR count). The number of ether oxygens (including phenoxy) is 1. The van der Waals surface area contributed by atoms with Crippen LogP contribution in [0, 0.1) is 5.92 Å². The Morgan fingerprint density at radius 3 is 2.33 bits per heavy atom. The molecule has 0 saturated carbocycles. The van der Waals surface area contributed by atoms with Crippen molar-refractivity contribution in [2.24, 2.45) is 5.92 Å². The van der Waals surface area contributed by atoms with Crippen molar-refractivity contribution < 1.29 is 19.1 Å². The molecule has 0 saturated heterocycles. The highest BCUT2D eigenvalue weighted by Gasteiger charge is 2.14. The lowest BCUT2D eigenvalue weighted by Crippen LogP contribution is -2.29. The van der Waals surface area contributed by atoms with Crippen molar-refractivity contribution in [3.05, 3.63) is 48.3 Å². The normalized spacial score (nSPS) is 10.4. The molecule has 1 heterocycles. The minimum Gasteiger partial charge on any atom is -0.456 e. The first-order valence-corrected chi connectivity index (χ1v) is 8.44. The van der Waals surface area contributed by atoms with Crippen LogP contribution in [0.15, 0.2) is 42.7 Å². The average Bonchev–Trinajstić information content (AvgIpc) is 2.67. The third-order valence-electron chi connectivity index (χ3n) is 3.62. The van der Waals surface area contributed by atoms with E-state index in [-0.39, 0.29) is 30.8 Å². The average molecular weight is 370 g/mol. The van der Waals surface area contributed by atoms with Crippen LogP contribution in [0.4, 0.5) is 11.6 Å². The van der Waals surface area contributed by atoms with Crippen LogP contribution >= 0.6 is 0 Å². The van der Waals surface area contributed by atoms with E-state index in [9.17, 15) is 14.4 Å². The number of Topliss-reactive ketones (excluding diaryl/α,β-unsaturated/α-hetero) is 1. The third kappa shape index (κ3) is 6.18. The van der Waals surface area contributed by atoms with E-state index < -0.39 is 5.97 Å². The first kappa shape index (κ1) is 20.0. The summed E-state index contributed by atoms with van der Waals surface area (Å²) in [5, 5.41) is 2.74. The van der Waals surface area contributed by atoms with Gasteiger partial charge < -0.3 is 15.0 Å². The van der Waals surface area contributed by atoms with Crippen LogP contribution < -0.4 is 10.2 Å². The van der Waals surface area contributed by atoms with E-state index in [1.54, 1.807) is 63.6 Å². The molecule has 142 valence electrons. The molecule has 0 spiro atoms. The van der Waals surface area contributed by atoms with Crippen LogP contribution in [0.2, 0.25) is 0 Å². The summed E-state index contributed by atoms with van der Waals surface area (Å²) in [6.45, 7) is 3.16. The molecular weight excluding hydrogens is 348 g/mol. The predicted molar refractivity (Wildman–Crippen MR) is 101 cm³/mol. The first-order valence-electron chi connectivity index (χ1n) is 8.44. The van der Waals surface area contributed by atoms with Gasteiger partial charge in [0.1, 0.15) is 6.54 Å². The van der Waals surface area contributed by atoms with Crippen LogP contribution in [-0.2, 0) is 14.3 Å². The Morgan fingerprint density at radius 1 is 1.11 bits per heavy atom. The van der Waals surface area contributed by atoms with Crippen LogP contribution in [0.25, 0.3) is 0 Å². The van der Waals surface area contributed by atoms with Gasteiger partial charge in [0.2, 0.25) is 11.9 Å². The zero-order chi connectivity index (χ0) is 19.8. The highest BCUT2D eigenvalue weighted by molar-refractivity contribution is 5.99. The van der Waals surface area contributed by atoms with Gasteiger partial charge in [-0.25, -0.2) is 9.97 Å². The summed E-state index contributed by atoms with van der Waals surface area (Å²) in [4.78, 5) is 45.3. The monoisotopic (exact) mass is 370 g/mol. The van der Waals surface area contributed by atoms with E-state index in [1.807, 2.05) is 0 Å². The summed E-state index contributed by atoms with van der Waals surface area (Å²) in [6.07, 6.45) is 3.14. The van der Waals surface area contributed by atoms with Gasteiger partial charge in [0, 0.05) is 36.6 Å². The predicted octanol–water partition coefficient (Wildman–Crippen LogP) is 1.93. The first-order chi connectivity index (χ1) is 12.9. The molecule has 0 aliphatic heterocycles. The molecular formula is C19H22N4O4. The lowest BCUT2D eigenvalue weighted by Gasteiger charge is -2.15. The molecule has 8 nitrogen and oxygen atoms in total. The summed E-state index contributed by atoms with van der Waals surface area (Å²) in [7, 11) is 1.66. The maximum absolute atomic E-state index is 12.1. The van der Waals surface area contributed by atoms with Gasteiger partial charge in [0.25, 0.3) is 0 Å². The summed E-state index contributed by atoms with van der Waals surface area (Å²) >= 11 is 0. The zero-order valence-corrected chi connectivity index (χ0v) is 15.5. The Kier molecular flexibility index (Phi) is 6.99. The summed E-state index contributed by atoms with van der Waals surface area (Å²) in [5.41, 5.74) is 0.997. The second-order valence-electron chi connectivity index (χ2n) is 6.21. The Hall–Kier alpha value is -3.29. The number of hydrogen-bond donors (Lipinski definition) is 1. The van der Waals surface area contributed by atoms with Crippen molar-refractivity contribution in [1.29, 1.82) is 0 Å². The van der Waals surface area contributed by atoms with Crippen LogP contribution in [0.5, 0.6) is 0 Å². The molecule has 0 unspecified atom stereocenters. The van der Waals surface area contributed by atoms with Crippen molar-refractivity contribution >= 4 is 29.3 Å². The van der Waals surface area contributed by atoms with E-state index in [2.05, 4.69) is 15.3 Å². The minimum atomic E-state index is -0.556. The molecule has 1 amide bonds. The number of likely N-dealkylation sites (N-methyl/N-ethyl adjacent to an activating group) is 1. The number of rotatable bonds is 8. The third-order valence-corrected chi connectivity index (χ3v) is 3.62. The second kappa shape index (κ2) is 9.42. The largest absolute Gasteiger partial charge is 0.456 e. The maximum atomic E-state index is 12.1. The van der Waals surface area contributed by atoms with E-state index in [1.165, 1.54) is 4.90 Å². The highest BCUT2D eigenvalue weighted by atomic mass is 16.5. The van der Waals surface area contributed by atoms with Crippen molar-refractivity contribution in [3.63, 3.8) is 0 Å². The summed E-state index contributed by atoms with van der Waals surface area (Å²) in [5.74, 6) is -0.734. The number of hydrogen-bond acceptors (Lipinski definition) is 7. The maximum Gasteiger partial charge on any atom is 0.326 e. The number of carbonyl (C=O) groups is 3. The fourth-order valence-electron chi connectivity index (χ4n) is 2.05. The number of ketones is 1. The Bertz CT molecular complexity index is 791. The molecule has 0 radical (unpaired) electrons. The van der Waals surface area contributed by atoms with E-state index in [0.29, 0.717) is 17.2 Å². The standard InChI is InChI=1S/C19H22N4O4/c1-13(2)18(26)22-15-7-5-14(6-8-15)16(24)12-27-17(25)11-23(3)19-20-9-4-10-21-19/h4-10,13H,11-12H2,1-3H3,(H,22,26). The number of carbonyl (C=O) groups excluding carboxylic acids is 3. The number of aromatic nitrogens is 2. The molecule has 8 heteroatoms. The summed E-state index contributed by atoms with van der Waals surface area (Å²) in [6, 6.07) is 8.10. The van der Waals surface area contributed by atoms with Crippen molar-refractivity contribution in [1.82, 2.24) is 9.97 Å². The van der Waals surface area contributed by atoms with Crippen molar-refractivity contribution in [3.8, 4) is 0 Å². The van der Waals surface area contributed by atoms with Gasteiger partial charge in [-0.2, -0.15) is 0 Å². The molecule has 27 heavy (non-hydrogen) atoms. The topological polar surface area (TPSA) is 101 Å². The van der Waals surface area contributed by atoms with Gasteiger partial charge in [0.05, 0.1) is 0 Å². The zero-order valence-electron chi connectivity index (χ0n) is 15.5. The number of amides is 1. The molecule has 0 fully saturated rings. The Balaban J connectivity index is 1.82. The number of benzene rings is 1. The van der Waals surface area contributed by atoms with Crippen molar-refractivity contribution in [2.75, 3.05) is 30.4 Å². The minimum absolute atomic E-state index is 0.0720. The highest BCUT2D eigenvalue weighted by Crippen LogP contribution is 2.12. The second-order valence-corrected chi connectivity index (χ2v) is 6.21. The molecule has 0 atom stereocenters. The lowest BCUT2D eigenvalue weighted by molar-refractivity contribution is -0.140. The van der Waals surface area contributed by atoms with Gasteiger partial charge in [-0.3, -0.25) is 14.4 Å². The van der Waals surface area contributed by atoms with Crippen LogP contribution in [-0.4, -0.2) is 47.8 Å².